The van der Waals surface area contributed by atoms with Crippen LogP contribution in [0.3, 0.4) is 0 Å². The fraction of sp³-hybridized carbons (Fsp3) is 0.130. The molecule has 0 heterocycles. The Bertz CT molecular complexity index is 1320. The summed E-state index contributed by atoms with van der Waals surface area (Å²) >= 11 is 24.6. The van der Waals surface area contributed by atoms with Crippen LogP contribution in [0.2, 0.25) is 10.0 Å². The largest absolute Gasteiger partial charge is 0.397 e. The monoisotopic (exact) mass is 543 g/mol. The molecule has 0 radical (unpaired) electrons. The minimum absolute atomic E-state index is 0.0174. The summed E-state index contributed by atoms with van der Waals surface area (Å²) in [6.07, 6.45) is 0. The highest BCUT2D eigenvalue weighted by Gasteiger charge is 2.67. The van der Waals surface area contributed by atoms with E-state index < -0.39 is 39.6 Å². The third-order valence-corrected chi connectivity index (χ3v) is 6.94. The molecule has 1 fully saturated rings. The van der Waals surface area contributed by atoms with E-state index in [1.54, 1.807) is 0 Å². The summed E-state index contributed by atoms with van der Waals surface area (Å²) in [5, 5.41) is 5.13. The molecule has 1 aliphatic rings. The van der Waals surface area contributed by atoms with Gasteiger partial charge in [-0.3, -0.25) is 9.59 Å². The molecule has 0 aliphatic heterocycles. The lowest BCUT2D eigenvalue weighted by Gasteiger charge is -2.11. The quantitative estimate of drug-likeness (QED) is 0.249. The van der Waals surface area contributed by atoms with Gasteiger partial charge >= 0.3 is 0 Å². The number of anilines is 3. The normalized spacial score (nSPS) is 18.3. The van der Waals surface area contributed by atoms with Crippen molar-refractivity contribution in [3.8, 4) is 0 Å². The van der Waals surface area contributed by atoms with Gasteiger partial charge in [0.15, 0.2) is 0 Å². The third kappa shape index (κ3) is 4.79. The SMILES string of the molecule is Nc1ccc(F)cc1NC(=O)c1cc(NC(=O)[C@H]2[C@H](c3ccc(F)c(Cl)c3)C2(Cl)Cl)ccc1Cl. The number of hydrogen-bond acceptors (Lipinski definition) is 3. The van der Waals surface area contributed by atoms with Gasteiger partial charge < -0.3 is 16.4 Å². The first-order valence-corrected chi connectivity index (χ1v) is 11.3. The van der Waals surface area contributed by atoms with Gasteiger partial charge in [-0.1, -0.05) is 29.3 Å². The highest BCUT2D eigenvalue weighted by atomic mass is 35.5. The average Bonchev–Trinajstić information content (AvgIpc) is 3.36. The van der Waals surface area contributed by atoms with E-state index in [1.165, 1.54) is 42.5 Å². The number of nitrogens with one attached hydrogen (secondary N) is 2. The van der Waals surface area contributed by atoms with Crippen molar-refractivity contribution in [1.82, 2.24) is 0 Å². The molecule has 2 atom stereocenters. The van der Waals surface area contributed by atoms with E-state index >= 15 is 0 Å². The molecule has 4 rings (SSSR count). The minimum atomic E-state index is -1.42. The molecule has 0 spiro atoms. The second-order valence-electron chi connectivity index (χ2n) is 7.67. The molecule has 11 heteroatoms. The number of nitrogens with two attached hydrogens (primary N) is 1. The zero-order valence-electron chi connectivity index (χ0n) is 17.0. The van der Waals surface area contributed by atoms with Crippen molar-refractivity contribution in [2.24, 2.45) is 5.92 Å². The molecule has 3 aromatic rings. The molecule has 0 saturated heterocycles. The lowest BCUT2D eigenvalue weighted by atomic mass is 10.1. The van der Waals surface area contributed by atoms with Crippen molar-refractivity contribution in [2.75, 3.05) is 16.4 Å². The molecule has 0 bridgehead atoms. The lowest BCUT2D eigenvalue weighted by molar-refractivity contribution is -0.117. The van der Waals surface area contributed by atoms with Crippen LogP contribution < -0.4 is 16.4 Å². The van der Waals surface area contributed by atoms with E-state index in [0.29, 0.717) is 5.56 Å². The van der Waals surface area contributed by atoms with Gasteiger partial charge in [0.1, 0.15) is 16.0 Å². The number of carbonyl (C=O) groups is 2. The maximum atomic E-state index is 13.5. The summed E-state index contributed by atoms with van der Waals surface area (Å²) in [5.74, 6) is -3.82. The fourth-order valence-corrected chi connectivity index (χ4v) is 4.82. The molecule has 0 aromatic heterocycles. The Kier molecular flexibility index (Phi) is 6.66. The maximum Gasteiger partial charge on any atom is 0.257 e. The molecule has 34 heavy (non-hydrogen) atoms. The minimum Gasteiger partial charge on any atom is -0.397 e. The highest BCUT2D eigenvalue weighted by Crippen LogP contribution is 2.65. The predicted molar refractivity (Wildman–Crippen MR) is 131 cm³/mol. The molecule has 5 nitrogen and oxygen atoms in total. The van der Waals surface area contributed by atoms with Crippen LogP contribution in [0.5, 0.6) is 0 Å². The van der Waals surface area contributed by atoms with Crippen molar-refractivity contribution in [3.05, 3.63) is 87.4 Å². The molecule has 0 unspecified atom stereocenters. The second kappa shape index (κ2) is 9.23. The van der Waals surface area contributed by atoms with E-state index in [0.717, 1.165) is 12.1 Å². The fourth-order valence-electron chi connectivity index (χ4n) is 3.60. The van der Waals surface area contributed by atoms with E-state index in [2.05, 4.69) is 10.6 Å². The van der Waals surface area contributed by atoms with Crippen LogP contribution in [0.15, 0.2) is 54.6 Å². The first-order chi connectivity index (χ1) is 16.0. The molecule has 176 valence electrons. The van der Waals surface area contributed by atoms with Crippen molar-refractivity contribution in [3.63, 3.8) is 0 Å². The van der Waals surface area contributed by atoms with Crippen molar-refractivity contribution in [2.45, 2.75) is 10.3 Å². The summed E-state index contributed by atoms with van der Waals surface area (Å²) in [7, 11) is 0. The number of hydrogen-bond donors (Lipinski definition) is 3. The van der Waals surface area contributed by atoms with Crippen molar-refractivity contribution < 1.29 is 18.4 Å². The van der Waals surface area contributed by atoms with Gasteiger partial charge in [-0.15, -0.1) is 23.2 Å². The molecule has 3 aromatic carbocycles. The van der Waals surface area contributed by atoms with E-state index in [9.17, 15) is 18.4 Å². The number of halogens is 6. The Morgan fingerprint density at radius 1 is 0.912 bits per heavy atom. The van der Waals surface area contributed by atoms with Crippen LogP contribution in [0.1, 0.15) is 21.8 Å². The van der Waals surface area contributed by atoms with Gasteiger partial charge in [-0.2, -0.15) is 0 Å². The Morgan fingerprint density at radius 2 is 1.65 bits per heavy atom. The zero-order valence-corrected chi connectivity index (χ0v) is 20.0. The lowest BCUT2D eigenvalue weighted by Crippen LogP contribution is -2.18. The van der Waals surface area contributed by atoms with Crippen LogP contribution in [-0.2, 0) is 4.79 Å². The van der Waals surface area contributed by atoms with Gasteiger partial charge in [0, 0.05) is 11.6 Å². The van der Waals surface area contributed by atoms with Crippen LogP contribution in [0.4, 0.5) is 25.8 Å². The van der Waals surface area contributed by atoms with Crippen LogP contribution in [0, 0.1) is 17.6 Å². The molecular weight excluding hydrogens is 530 g/mol. The topological polar surface area (TPSA) is 84.2 Å². The molecular formula is C23H15Cl4F2N3O2. The van der Waals surface area contributed by atoms with Gasteiger partial charge in [-0.05, 0) is 54.1 Å². The number of alkyl halides is 2. The number of rotatable bonds is 5. The summed E-state index contributed by atoms with van der Waals surface area (Å²) in [6, 6.07) is 11.8. The molecule has 4 N–H and O–H groups in total. The first kappa shape index (κ1) is 24.5. The average molecular weight is 545 g/mol. The van der Waals surface area contributed by atoms with E-state index in [4.69, 9.17) is 52.1 Å². The van der Waals surface area contributed by atoms with Crippen LogP contribution in [0.25, 0.3) is 0 Å². The maximum absolute atomic E-state index is 13.5. The van der Waals surface area contributed by atoms with E-state index in [1.807, 2.05) is 0 Å². The Hall–Kier alpha value is -2.58. The molecule has 1 aliphatic carbocycles. The number of benzene rings is 3. The van der Waals surface area contributed by atoms with Crippen LogP contribution >= 0.6 is 46.4 Å². The Morgan fingerprint density at radius 3 is 2.35 bits per heavy atom. The smallest absolute Gasteiger partial charge is 0.257 e. The standard InChI is InChI=1S/C23H15Cl4F2N3O2/c24-14-4-3-12(9-13(14)21(33)32-18-8-11(28)2-6-17(18)30)31-22(34)20-19(23(20,26)27)10-1-5-16(29)15(25)7-10/h1-9,19-20H,30H2,(H,31,34)(H,32,33)/t19-,20+/m0/s1. The highest BCUT2D eigenvalue weighted by molar-refractivity contribution is 6.53. The first-order valence-electron chi connectivity index (χ1n) is 9.78. The predicted octanol–water partition coefficient (Wildman–Crippen LogP) is 6.63. The number of carbonyl (C=O) groups excluding carboxylic acids is 2. The van der Waals surface area contributed by atoms with Crippen LogP contribution in [-0.4, -0.2) is 16.1 Å². The van der Waals surface area contributed by atoms with Gasteiger partial charge in [0.2, 0.25) is 5.91 Å². The third-order valence-electron chi connectivity index (χ3n) is 5.38. The molecule has 1 saturated carbocycles. The summed E-state index contributed by atoms with van der Waals surface area (Å²) < 4.78 is 25.6. The van der Waals surface area contributed by atoms with Gasteiger partial charge in [0.05, 0.1) is 32.9 Å². The van der Waals surface area contributed by atoms with Gasteiger partial charge in [0.25, 0.3) is 5.91 Å². The zero-order chi connectivity index (χ0) is 24.8. The summed E-state index contributed by atoms with van der Waals surface area (Å²) in [5.41, 5.74) is 6.78. The molecule has 2 amide bonds. The van der Waals surface area contributed by atoms with Crippen molar-refractivity contribution >= 4 is 75.3 Å². The van der Waals surface area contributed by atoms with Crippen molar-refractivity contribution in [1.29, 1.82) is 0 Å². The van der Waals surface area contributed by atoms with Gasteiger partial charge in [-0.25, -0.2) is 8.78 Å². The Balaban J connectivity index is 1.52. The Labute approximate surface area is 213 Å². The summed E-state index contributed by atoms with van der Waals surface area (Å²) in [4.78, 5) is 25.6. The number of nitrogen functional groups attached to an aromatic ring is 1. The number of amides is 2. The second-order valence-corrected chi connectivity index (χ2v) is 9.93. The van der Waals surface area contributed by atoms with E-state index in [-0.39, 0.29) is 32.7 Å². The summed E-state index contributed by atoms with van der Waals surface area (Å²) in [6.45, 7) is 0.